The first-order valence-electron chi connectivity index (χ1n) is 9.15. The predicted octanol–water partition coefficient (Wildman–Crippen LogP) is 5.77. The molecule has 0 N–H and O–H groups in total. The number of fused-ring (bicyclic) bond motifs is 1. The topological polar surface area (TPSA) is 29.5 Å². The van der Waals surface area contributed by atoms with Gasteiger partial charge in [0.2, 0.25) is 0 Å². The van der Waals surface area contributed by atoms with Crippen LogP contribution in [0.15, 0.2) is 54.6 Å². The Labute approximate surface area is 169 Å². The maximum Gasteiger partial charge on any atom is 0.160 e. The van der Waals surface area contributed by atoms with Crippen molar-refractivity contribution in [3.63, 3.8) is 0 Å². The molecule has 27 heavy (non-hydrogen) atoms. The molecule has 0 radical (unpaired) electrons. The van der Waals surface area contributed by atoms with Gasteiger partial charge in [-0.1, -0.05) is 41.9 Å². The molecule has 1 fully saturated rings. The van der Waals surface area contributed by atoms with E-state index in [2.05, 4.69) is 11.9 Å². The van der Waals surface area contributed by atoms with Crippen LogP contribution in [0.2, 0.25) is 5.02 Å². The smallest absolute Gasteiger partial charge is 0.160 e. The van der Waals surface area contributed by atoms with Gasteiger partial charge in [0.05, 0.1) is 21.2 Å². The van der Waals surface area contributed by atoms with Gasteiger partial charge in [-0.05, 0) is 56.1 Å². The van der Waals surface area contributed by atoms with Crippen molar-refractivity contribution in [3.8, 4) is 5.75 Å². The third-order valence-electron chi connectivity index (χ3n) is 4.58. The van der Waals surface area contributed by atoms with Gasteiger partial charge in [0.25, 0.3) is 0 Å². The fourth-order valence-corrected chi connectivity index (χ4v) is 4.42. The summed E-state index contributed by atoms with van der Waals surface area (Å²) in [4.78, 5) is 13.6. The second kappa shape index (κ2) is 9.88. The minimum atomic E-state index is 0.698. The molecule has 1 unspecified atom stereocenters. The van der Waals surface area contributed by atoms with E-state index in [1.165, 1.54) is 37.3 Å². The number of hydrogen-bond acceptors (Lipinski definition) is 4. The van der Waals surface area contributed by atoms with E-state index in [0.717, 1.165) is 33.6 Å². The van der Waals surface area contributed by atoms with Crippen molar-refractivity contribution in [1.82, 2.24) is 4.90 Å². The highest BCUT2D eigenvalue weighted by molar-refractivity contribution is 7.21. The molecule has 1 aliphatic rings. The van der Waals surface area contributed by atoms with Crippen molar-refractivity contribution >= 4 is 39.3 Å². The molecule has 0 amide bonds. The van der Waals surface area contributed by atoms with Crippen molar-refractivity contribution in [1.29, 1.82) is 0 Å². The summed E-state index contributed by atoms with van der Waals surface area (Å²) in [7, 11) is 2.19. The normalized spacial score (nSPS) is 17.2. The van der Waals surface area contributed by atoms with E-state index in [4.69, 9.17) is 16.3 Å². The SMILES string of the molecule is CN1CCCC(COc2ccccc2)C1.O=Cc1cc2cccc(Cl)c2s1. The lowest BCUT2D eigenvalue weighted by molar-refractivity contribution is 0.112. The molecular weight excluding hydrogens is 378 g/mol. The molecule has 1 saturated heterocycles. The number of ether oxygens (including phenoxy) is 1. The zero-order valence-corrected chi connectivity index (χ0v) is 17.0. The number of likely N-dealkylation sites (tertiary alicyclic amines) is 1. The Kier molecular flexibility index (Phi) is 7.27. The number of para-hydroxylation sites is 1. The largest absolute Gasteiger partial charge is 0.493 e. The van der Waals surface area contributed by atoms with Crippen LogP contribution in [0.4, 0.5) is 0 Å². The molecule has 1 aromatic heterocycles. The van der Waals surface area contributed by atoms with E-state index in [1.807, 2.05) is 54.6 Å². The van der Waals surface area contributed by atoms with Crippen molar-refractivity contribution in [3.05, 3.63) is 64.5 Å². The maximum absolute atomic E-state index is 10.5. The maximum atomic E-state index is 10.5. The fraction of sp³-hybridized carbons (Fsp3) is 0.318. The highest BCUT2D eigenvalue weighted by Crippen LogP contribution is 2.30. The lowest BCUT2D eigenvalue weighted by Gasteiger charge is -2.29. The van der Waals surface area contributed by atoms with Gasteiger partial charge < -0.3 is 9.64 Å². The van der Waals surface area contributed by atoms with Crippen LogP contribution in [0.1, 0.15) is 22.5 Å². The van der Waals surface area contributed by atoms with Gasteiger partial charge in [0.1, 0.15) is 5.75 Å². The van der Waals surface area contributed by atoms with Gasteiger partial charge in [-0.15, -0.1) is 11.3 Å². The highest BCUT2D eigenvalue weighted by Gasteiger charge is 2.17. The summed E-state index contributed by atoms with van der Waals surface area (Å²) in [5.41, 5.74) is 0. The van der Waals surface area contributed by atoms with Crippen molar-refractivity contribution < 1.29 is 9.53 Å². The van der Waals surface area contributed by atoms with Gasteiger partial charge in [0, 0.05) is 12.5 Å². The number of piperidine rings is 1. The molecule has 3 nitrogen and oxygen atoms in total. The lowest BCUT2D eigenvalue weighted by Crippen LogP contribution is -2.34. The molecule has 0 aliphatic carbocycles. The third kappa shape index (κ3) is 5.80. The Bertz CT molecular complexity index is 865. The van der Waals surface area contributed by atoms with Gasteiger partial charge in [-0.25, -0.2) is 0 Å². The molecule has 3 aromatic rings. The van der Waals surface area contributed by atoms with Gasteiger partial charge in [-0.2, -0.15) is 0 Å². The van der Waals surface area contributed by atoms with Crippen molar-refractivity contribution in [2.45, 2.75) is 12.8 Å². The number of nitrogens with zero attached hydrogens (tertiary/aromatic N) is 1. The van der Waals surface area contributed by atoms with Gasteiger partial charge in [0.15, 0.2) is 6.29 Å². The van der Waals surface area contributed by atoms with Crippen LogP contribution in [0.3, 0.4) is 0 Å². The van der Waals surface area contributed by atoms with Crippen LogP contribution in [-0.2, 0) is 0 Å². The first-order valence-corrected chi connectivity index (χ1v) is 10.3. The van der Waals surface area contributed by atoms with Crippen LogP contribution in [0, 0.1) is 5.92 Å². The second-order valence-corrected chi connectivity index (χ2v) is 8.31. The monoisotopic (exact) mass is 401 g/mol. The van der Waals surface area contributed by atoms with Crippen molar-refractivity contribution in [2.24, 2.45) is 5.92 Å². The second-order valence-electron chi connectivity index (χ2n) is 6.82. The van der Waals surface area contributed by atoms with Gasteiger partial charge in [-0.3, -0.25) is 4.79 Å². The number of halogens is 1. The van der Waals surface area contributed by atoms with E-state index in [-0.39, 0.29) is 0 Å². The summed E-state index contributed by atoms with van der Waals surface area (Å²) < 4.78 is 6.75. The molecule has 4 rings (SSSR count). The van der Waals surface area contributed by atoms with Crippen LogP contribution in [0.25, 0.3) is 10.1 Å². The highest BCUT2D eigenvalue weighted by atomic mass is 35.5. The standard InChI is InChI=1S/C13H19NO.C9H5ClOS/c1-14-9-5-6-12(10-14)11-15-13-7-3-2-4-8-13;10-8-3-1-2-6-4-7(5-11)12-9(6)8/h2-4,7-8,12H,5-6,9-11H2,1H3;1-5H. The Morgan fingerprint density at radius 2 is 2.04 bits per heavy atom. The quantitative estimate of drug-likeness (QED) is 0.519. The van der Waals surface area contributed by atoms with E-state index in [0.29, 0.717) is 10.9 Å². The molecule has 1 aliphatic heterocycles. The Hall–Kier alpha value is -1.88. The Morgan fingerprint density at radius 1 is 1.22 bits per heavy atom. The van der Waals surface area contributed by atoms with E-state index in [9.17, 15) is 4.79 Å². The average molecular weight is 402 g/mol. The van der Waals surface area contributed by atoms with E-state index >= 15 is 0 Å². The Morgan fingerprint density at radius 3 is 2.74 bits per heavy atom. The van der Waals surface area contributed by atoms with Crippen LogP contribution >= 0.6 is 22.9 Å². The molecule has 0 bridgehead atoms. The number of hydrogen-bond donors (Lipinski definition) is 0. The van der Waals surface area contributed by atoms with Crippen LogP contribution < -0.4 is 4.74 Å². The minimum absolute atomic E-state index is 0.698. The fourth-order valence-electron chi connectivity index (χ4n) is 3.25. The molecule has 5 heteroatoms. The van der Waals surface area contributed by atoms with Crippen LogP contribution in [0.5, 0.6) is 5.75 Å². The molecule has 142 valence electrons. The number of aldehydes is 1. The number of benzene rings is 2. The van der Waals surface area contributed by atoms with Crippen LogP contribution in [-0.4, -0.2) is 37.9 Å². The number of thiophene rings is 1. The van der Waals surface area contributed by atoms with Gasteiger partial charge >= 0.3 is 0 Å². The third-order valence-corrected chi connectivity index (χ3v) is 6.12. The number of rotatable bonds is 4. The first kappa shape index (κ1) is 19.9. The summed E-state index contributed by atoms with van der Waals surface area (Å²) in [6.07, 6.45) is 3.46. The Balaban J connectivity index is 0.000000159. The molecular formula is C22H24ClNO2S. The zero-order chi connectivity index (χ0) is 19.1. The van der Waals surface area contributed by atoms with E-state index < -0.39 is 0 Å². The molecule has 0 spiro atoms. The van der Waals surface area contributed by atoms with Crippen molar-refractivity contribution in [2.75, 3.05) is 26.7 Å². The molecule has 2 heterocycles. The molecule has 1 atom stereocenters. The molecule has 2 aromatic carbocycles. The number of carbonyl (C=O) groups is 1. The first-order chi connectivity index (χ1) is 13.2. The molecule has 0 saturated carbocycles. The minimum Gasteiger partial charge on any atom is -0.493 e. The zero-order valence-electron chi connectivity index (χ0n) is 15.4. The lowest BCUT2D eigenvalue weighted by atomic mass is 10.00. The van der Waals surface area contributed by atoms with E-state index in [1.54, 1.807) is 0 Å². The summed E-state index contributed by atoms with van der Waals surface area (Å²) >= 11 is 7.35. The summed E-state index contributed by atoms with van der Waals surface area (Å²) in [5, 5.41) is 1.75. The summed E-state index contributed by atoms with van der Waals surface area (Å²) in [5.74, 6) is 1.69. The number of carbonyl (C=O) groups excluding carboxylic acids is 1. The summed E-state index contributed by atoms with van der Waals surface area (Å²) in [6, 6.07) is 17.6. The predicted molar refractivity (Wildman–Crippen MR) is 114 cm³/mol. The average Bonchev–Trinajstić information content (AvgIpc) is 3.13. The summed E-state index contributed by atoms with van der Waals surface area (Å²) in [6.45, 7) is 3.27.